The number of carboxylic acid groups (broad SMARTS) is 1. The number of ether oxygens (including phenoxy) is 2. The number of para-hydroxylation sites is 2. The molecule has 1 saturated heterocycles. The number of hydrogen-bond acceptors (Lipinski definition) is 5. The van der Waals surface area contributed by atoms with Crippen molar-refractivity contribution in [1.29, 1.82) is 0 Å². The molecule has 1 aromatic carbocycles. The van der Waals surface area contributed by atoms with Crippen LogP contribution in [0.3, 0.4) is 0 Å². The zero-order chi connectivity index (χ0) is 14.9. The van der Waals surface area contributed by atoms with E-state index in [-0.39, 0.29) is 6.61 Å². The third kappa shape index (κ3) is 2.65. The Morgan fingerprint density at radius 1 is 1.33 bits per heavy atom. The summed E-state index contributed by atoms with van der Waals surface area (Å²) in [7, 11) is 0. The lowest BCUT2D eigenvalue weighted by Crippen LogP contribution is -2.59. The standard InChI is InChI=1S/C14H15NO5S/c16-12(15-14(13(17)18)5-6-21-8-14)11-7-19-9-3-1-2-4-10(9)20-11/h1-4,11H,5-8H2,(H,15,16)(H,17,18)/t11-,14-/m0/s1. The van der Waals surface area contributed by atoms with Crippen molar-refractivity contribution in [2.24, 2.45) is 0 Å². The van der Waals surface area contributed by atoms with Crippen LogP contribution in [0.25, 0.3) is 0 Å². The number of carboxylic acids is 1. The molecule has 7 heteroatoms. The molecule has 2 heterocycles. The van der Waals surface area contributed by atoms with Gasteiger partial charge in [0.2, 0.25) is 6.10 Å². The lowest BCUT2D eigenvalue weighted by Gasteiger charge is -2.30. The topological polar surface area (TPSA) is 84.9 Å². The molecule has 0 spiro atoms. The summed E-state index contributed by atoms with van der Waals surface area (Å²) < 4.78 is 11.1. The highest BCUT2D eigenvalue weighted by Crippen LogP contribution is 2.32. The summed E-state index contributed by atoms with van der Waals surface area (Å²) in [6.07, 6.45) is -0.412. The van der Waals surface area contributed by atoms with E-state index < -0.39 is 23.5 Å². The van der Waals surface area contributed by atoms with Gasteiger partial charge in [0.25, 0.3) is 5.91 Å². The quantitative estimate of drug-likeness (QED) is 0.863. The molecular weight excluding hydrogens is 294 g/mol. The Morgan fingerprint density at radius 2 is 2.10 bits per heavy atom. The predicted molar refractivity (Wildman–Crippen MR) is 76.8 cm³/mol. The highest BCUT2D eigenvalue weighted by Gasteiger charge is 2.45. The number of fused-ring (bicyclic) bond motifs is 1. The molecule has 2 N–H and O–H groups in total. The van der Waals surface area contributed by atoms with Gasteiger partial charge in [-0.25, -0.2) is 4.79 Å². The monoisotopic (exact) mass is 309 g/mol. The highest BCUT2D eigenvalue weighted by atomic mass is 32.2. The summed E-state index contributed by atoms with van der Waals surface area (Å²) in [5.41, 5.74) is -1.19. The van der Waals surface area contributed by atoms with E-state index >= 15 is 0 Å². The number of hydrogen-bond donors (Lipinski definition) is 2. The van der Waals surface area contributed by atoms with E-state index in [0.29, 0.717) is 23.7 Å². The van der Waals surface area contributed by atoms with Crippen molar-refractivity contribution >= 4 is 23.6 Å². The molecule has 21 heavy (non-hydrogen) atoms. The van der Waals surface area contributed by atoms with Crippen LogP contribution in [-0.4, -0.2) is 46.7 Å². The maximum atomic E-state index is 12.3. The minimum absolute atomic E-state index is 0.0751. The van der Waals surface area contributed by atoms with Crippen LogP contribution in [0, 0.1) is 0 Å². The summed E-state index contributed by atoms with van der Waals surface area (Å²) in [6, 6.07) is 7.08. The molecule has 1 amide bonds. The Bertz CT molecular complexity index is 570. The first kappa shape index (κ1) is 14.1. The minimum Gasteiger partial charge on any atom is -0.485 e. The van der Waals surface area contributed by atoms with Crippen LogP contribution in [0.5, 0.6) is 11.5 Å². The van der Waals surface area contributed by atoms with E-state index in [1.165, 1.54) is 11.8 Å². The Hall–Kier alpha value is -1.89. The smallest absolute Gasteiger partial charge is 0.330 e. The lowest BCUT2D eigenvalue weighted by molar-refractivity contribution is -0.148. The van der Waals surface area contributed by atoms with E-state index in [2.05, 4.69) is 5.32 Å². The molecule has 2 aliphatic rings. The maximum Gasteiger partial charge on any atom is 0.330 e. The normalized spacial score (nSPS) is 27.1. The fourth-order valence-electron chi connectivity index (χ4n) is 2.35. The Balaban J connectivity index is 1.71. The van der Waals surface area contributed by atoms with Crippen LogP contribution in [0.2, 0.25) is 0 Å². The van der Waals surface area contributed by atoms with Gasteiger partial charge in [-0.2, -0.15) is 11.8 Å². The van der Waals surface area contributed by atoms with Crippen LogP contribution < -0.4 is 14.8 Å². The van der Waals surface area contributed by atoms with E-state index in [1.54, 1.807) is 18.2 Å². The largest absolute Gasteiger partial charge is 0.485 e. The molecule has 1 aromatic rings. The molecule has 0 bridgehead atoms. The SMILES string of the molecule is O=C(N[C@@]1(C(=O)O)CCSC1)[C@@H]1COc2ccccc2O1. The zero-order valence-electron chi connectivity index (χ0n) is 11.2. The molecule has 2 aliphatic heterocycles. The predicted octanol–water partition coefficient (Wildman–Crippen LogP) is 0.903. The molecule has 112 valence electrons. The van der Waals surface area contributed by atoms with Gasteiger partial charge in [0, 0.05) is 5.75 Å². The summed E-state index contributed by atoms with van der Waals surface area (Å²) in [5, 5.41) is 12.0. The molecule has 3 rings (SSSR count). The van der Waals surface area contributed by atoms with Gasteiger partial charge in [-0.1, -0.05) is 12.1 Å². The second-order valence-corrected chi connectivity index (χ2v) is 6.15. The van der Waals surface area contributed by atoms with Crippen molar-refractivity contribution in [3.05, 3.63) is 24.3 Å². The van der Waals surface area contributed by atoms with Crippen LogP contribution in [0.1, 0.15) is 6.42 Å². The number of amides is 1. The van der Waals surface area contributed by atoms with E-state index in [0.717, 1.165) is 5.75 Å². The fourth-order valence-corrected chi connectivity index (χ4v) is 3.68. The summed E-state index contributed by atoms with van der Waals surface area (Å²) in [5.74, 6) is 0.725. The second kappa shape index (κ2) is 5.48. The van der Waals surface area contributed by atoms with Crippen molar-refractivity contribution in [3.8, 4) is 11.5 Å². The van der Waals surface area contributed by atoms with Gasteiger partial charge in [-0.15, -0.1) is 0 Å². The lowest BCUT2D eigenvalue weighted by atomic mass is 9.99. The summed E-state index contributed by atoms with van der Waals surface area (Å²) in [6.45, 7) is 0.0751. The van der Waals surface area contributed by atoms with Gasteiger partial charge in [0.1, 0.15) is 12.1 Å². The first-order chi connectivity index (χ1) is 10.1. The van der Waals surface area contributed by atoms with Crippen LogP contribution in [0.15, 0.2) is 24.3 Å². The molecule has 1 fully saturated rings. The van der Waals surface area contributed by atoms with Crippen LogP contribution >= 0.6 is 11.8 Å². The van der Waals surface area contributed by atoms with Crippen molar-refractivity contribution in [3.63, 3.8) is 0 Å². The number of benzene rings is 1. The number of thioether (sulfide) groups is 1. The number of carbonyl (C=O) groups excluding carboxylic acids is 1. The molecule has 2 atom stereocenters. The highest BCUT2D eigenvalue weighted by molar-refractivity contribution is 7.99. The molecular formula is C14H15NO5S. The van der Waals surface area contributed by atoms with E-state index in [4.69, 9.17) is 9.47 Å². The van der Waals surface area contributed by atoms with Crippen molar-refractivity contribution in [2.45, 2.75) is 18.1 Å². The third-order valence-corrected chi connectivity index (χ3v) is 4.78. The first-order valence-corrected chi connectivity index (χ1v) is 7.78. The van der Waals surface area contributed by atoms with Gasteiger partial charge >= 0.3 is 5.97 Å². The van der Waals surface area contributed by atoms with Crippen LogP contribution in [0.4, 0.5) is 0 Å². The minimum atomic E-state index is -1.19. The molecule has 0 unspecified atom stereocenters. The van der Waals surface area contributed by atoms with Gasteiger partial charge < -0.3 is 19.9 Å². The van der Waals surface area contributed by atoms with E-state index in [9.17, 15) is 14.7 Å². The average molecular weight is 309 g/mol. The molecule has 0 radical (unpaired) electrons. The Kier molecular flexibility index (Phi) is 3.67. The van der Waals surface area contributed by atoms with Crippen molar-refractivity contribution < 1.29 is 24.2 Å². The number of carbonyl (C=O) groups is 2. The van der Waals surface area contributed by atoms with Gasteiger partial charge in [0.15, 0.2) is 11.5 Å². The Morgan fingerprint density at radius 3 is 2.76 bits per heavy atom. The van der Waals surface area contributed by atoms with Crippen LogP contribution in [-0.2, 0) is 9.59 Å². The zero-order valence-corrected chi connectivity index (χ0v) is 12.0. The fraction of sp³-hybridized carbons (Fsp3) is 0.429. The molecule has 0 aliphatic carbocycles. The van der Waals surface area contributed by atoms with E-state index in [1.807, 2.05) is 6.07 Å². The number of aliphatic carboxylic acids is 1. The average Bonchev–Trinajstić information content (AvgIpc) is 2.96. The third-order valence-electron chi connectivity index (χ3n) is 3.59. The van der Waals surface area contributed by atoms with Gasteiger partial charge in [0.05, 0.1) is 0 Å². The second-order valence-electron chi connectivity index (χ2n) is 5.04. The van der Waals surface area contributed by atoms with Crippen molar-refractivity contribution in [1.82, 2.24) is 5.32 Å². The molecule has 0 aromatic heterocycles. The first-order valence-electron chi connectivity index (χ1n) is 6.62. The summed E-state index contributed by atoms with van der Waals surface area (Å²) in [4.78, 5) is 23.7. The maximum absolute atomic E-state index is 12.3. The van der Waals surface area contributed by atoms with Gasteiger partial charge in [-0.05, 0) is 24.3 Å². The number of rotatable bonds is 3. The van der Waals surface area contributed by atoms with Gasteiger partial charge in [-0.3, -0.25) is 4.79 Å². The number of nitrogens with one attached hydrogen (secondary N) is 1. The summed E-state index contributed by atoms with van der Waals surface area (Å²) >= 11 is 1.52. The van der Waals surface area contributed by atoms with Crippen molar-refractivity contribution in [2.75, 3.05) is 18.1 Å². The molecule has 6 nitrogen and oxygen atoms in total. The molecule has 0 saturated carbocycles. The Labute approximate surface area is 125 Å².